The van der Waals surface area contributed by atoms with Crippen LogP contribution in [-0.4, -0.2) is 40.6 Å². The van der Waals surface area contributed by atoms with Gasteiger partial charge in [-0.25, -0.2) is 4.79 Å². The van der Waals surface area contributed by atoms with Gasteiger partial charge in [-0.3, -0.25) is 4.57 Å². The van der Waals surface area contributed by atoms with Crippen LogP contribution in [0.1, 0.15) is 12.7 Å². The number of para-hydroxylation sites is 1. The Kier molecular flexibility index (Phi) is 5.28. The Balaban J connectivity index is 1.93. The van der Waals surface area contributed by atoms with E-state index in [0.29, 0.717) is 19.0 Å². The molecule has 0 bridgehead atoms. The molecule has 0 spiro atoms. The van der Waals surface area contributed by atoms with Crippen LogP contribution >= 0.6 is 0 Å². The second kappa shape index (κ2) is 7.39. The van der Waals surface area contributed by atoms with Gasteiger partial charge in [-0.05, 0) is 19.1 Å². The van der Waals surface area contributed by atoms with Crippen molar-refractivity contribution in [2.45, 2.75) is 19.5 Å². The number of methoxy groups -OCH3 is 1. The first-order chi connectivity index (χ1) is 10.2. The summed E-state index contributed by atoms with van der Waals surface area (Å²) in [5.74, 6) is 0.663. The number of nitrogens with zero attached hydrogens (tertiary/aromatic N) is 3. The van der Waals surface area contributed by atoms with Crippen molar-refractivity contribution in [2.75, 3.05) is 13.7 Å². The molecule has 1 heterocycles. The van der Waals surface area contributed by atoms with Crippen LogP contribution in [0.2, 0.25) is 0 Å². The molecule has 2 rings (SSSR count). The van der Waals surface area contributed by atoms with Crippen LogP contribution in [0, 0.1) is 0 Å². The predicted octanol–water partition coefficient (Wildman–Crippen LogP) is 1.10. The van der Waals surface area contributed by atoms with Crippen molar-refractivity contribution in [3.63, 3.8) is 0 Å². The molecule has 1 aromatic heterocycles. The third kappa shape index (κ3) is 4.28. The fourth-order valence-corrected chi connectivity index (χ4v) is 1.91. The van der Waals surface area contributed by atoms with Gasteiger partial charge in [0.05, 0.1) is 19.2 Å². The van der Waals surface area contributed by atoms with Gasteiger partial charge in [0.25, 0.3) is 0 Å². The molecular weight excluding hydrogens is 270 g/mol. The number of hydrogen-bond donors (Lipinski definition) is 2. The highest BCUT2D eigenvalue weighted by atomic mass is 16.5. The zero-order valence-electron chi connectivity index (χ0n) is 12.1. The zero-order chi connectivity index (χ0) is 15.1. The summed E-state index contributed by atoms with van der Waals surface area (Å²) in [5, 5.41) is 13.4. The molecule has 2 amide bonds. The number of urea groups is 1. The number of benzene rings is 1. The molecule has 0 aliphatic rings. The third-order valence-electron chi connectivity index (χ3n) is 2.85. The first-order valence-electron chi connectivity index (χ1n) is 6.68. The molecule has 21 heavy (non-hydrogen) atoms. The maximum absolute atomic E-state index is 11.7. The normalized spacial score (nSPS) is 11.9. The predicted molar refractivity (Wildman–Crippen MR) is 78.1 cm³/mol. The maximum atomic E-state index is 11.7. The zero-order valence-corrected chi connectivity index (χ0v) is 12.1. The summed E-state index contributed by atoms with van der Waals surface area (Å²) in [5.41, 5.74) is 0.951. The summed E-state index contributed by atoms with van der Waals surface area (Å²) in [7, 11) is 1.60. The number of ether oxygens (including phenoxy) is 1. The molecule has 1 aromatic carbocycles. The fourth-order valence-electron chi connectivity index (χ4n) is 1.91. The Morgan fingerprint density at radius 1 is 1.38 bits per heavy atom. The van der Waals surface area contributed by atoms with E-state index in [1.165, 1.54) is 0 Å². The van der Waals surface area contributed by atoms with E-state index in [4.69, 9.17) is 4.74 Å². The van der Waals surface area contributed by atoms with Crippen molar-refractivity contribution in [2.24, 2.45) is 0 Å². The Hall–Kier alpha value is -2.41. The second-order valence-electron chi connectivity index (χ2n) is 4.64. The van der Waals surface area contributed by atoms with Crippen LogP contribution in [-0.2, 0) is 11.3 Å². The molecule has 0 saturated heterocycles. The van der Waals surface area contributed by atoms with Gasteiger partial charge in [0, 0.05) is 12.8 Å². The van der Waals surface area contributed by atoms with E-state index in [0.717, 1.165) is 5.69 Å². The Labute approximate surface area is 123 Å². The molecule has 0 unspecified atom stereocenters. The summed E-state index contributed by atoms with van der Waals surface area (Å²) in [6.07, 6.45) is 1.62. The first kappa shape index (κ1) is 15.0. The van der Waals surface area contributed by atoms with Crippen molar-refractivity contribution < 1.29 is 9.53 Å². The van der Waals surface area contributed by atoms with Crippen LogP contribution in [0.25, 0.3) is 5.69 Å². The van der Waals surface area contributed by atoms with Crippen LogP contribution in [0.5, 0.6) is 0 Å². The topological polar surface area (TPSA) is 81.1 Å². The van der Waals surface area contributed by atoms with E-state index in [9.17, 15) is 4.79 Å². The quantitative estimate of drug-likeness (QED) is 0.834. The van der Waals surface area contributed by atoms with E-state index in [1.54, 1.807) is 13.4 Å². The van der Waals surface area contributed by atoms with Crippen molar-refractivity contribution >= 4 is 6.03 Å². The lowest BCUT2D eigenvalue weighted by atomic mass is 10.3. The van der Waals surface area contributed by atoms with Crippen LogP contribution in [0.4, 0.5) is 4.79 Å². The SMILES string of the molecule is COC[C@H](C)NC(=O)NCc1nncn1-c1ccccc1. The number of carbonyl (C=O) groups excluding carboxylic acids is 1. The summed E-state index contributed by atoms with van der Waals surface area (Å²) >= 11 is 0. The monoisotopic (exact) mass is 289 g/mol. The number of amides is 2. The highest BCUT2D eigenvalue weighted by molar-refractivity contribution is 5.74. The van der Waals surface area contributed by atoms with Gasteiger partial charge >= 0.3 is 6.03 Å². The minimum atomic E-state index is -0.262. The van der Waals surface area contributed by atoms with Crippen molar-refractivity contribution in [3.05, 3.63) is 42.5 Å². The average molecular weight is 289 g/mol. The Bertz CT molecular complexity index is 570. The lowest BCUT2D eigenvalue weighted by Gasteiger charge is -2.13. The molecule has 0 saturated carbocycles. The maximum Gasteiger partial charge on any atom is 0.315 e. The number of hydrogen-bond acceptors (Lipinski definition) is 4. The largest absolute Gasteiger partial charge is 0.383 e. The van der Waals surface area contributed by atoms with E-state index in [2.05, 4.69) is 20.8 Å². The Morgan fingerprint density at radius 3 is 2.86 bits per heavy atom. The van der Waals surface area contributed by atoms with Gasteiger partial charge in [0.1, 0.15) is 6.33 Å². The van der Waals surface area contributed by atoms with Crippen LogP contribution in [0.15, 0.2) is 36.7 Å². The van der Waals surface area contributed by atoms with Crippen molar-refractivity contribution in [3.8, 4) is 5.69 Å². The molecular formula is C14H19N5O2. The molecule has 0 fully saturated rings. The van der Waals surface area contributed by atoms with Gasteiger partial charge in [0.2, 0.25) is 0 Å². The number of nitrogens with one attached hydrogen (secondary N) is 2. The number of aromatic nitrogens is 3. The molecule has 0 radical (unpaired) electrons. The molecule has 7 nitrogen and oxygen atoms in total. The van der Waals surface area contributed by atoms with E-state index < -0.39 is 0 Å². The van der Waals surface area contributed by atoms with Crippen molar-refractivity contribution in [1.29, 1.82) is 0 Å². The summed E-state index contributed by atoms with van der Waals surface area (Å²) in [4.78, 5) is 11.7. The summed E-state index contributed by atoms with van der Waals surface area (Å²) < 4.78 is 6.80. The number of carbonyl (C=O) groups is 1. The highest BCUT2D eigenvalue weighted by Gasteiger charge is 2.10. The Morgan fingerprint density at radius 2 is 2.14 bits per heavy atom. The lowest BCUT2D eigenvalue weighted by molar-refractivity contribution is 0.171. The third-order valence-corrected chi connectivity index (χ3v) is 2.85. The molecule has 0 aliphatic heterocycles. The summed E-state index contributed by atoms with van der Waals surface area (Å²) in [6.45, 7) is 2.63. The lowest BCUT2D eigenvalue weighted by Crippen LogP contribution is -2.42. The minimum Gasteiger partial charge on any atom is -0.383 e. The van der Waals surface area contributed by atoms with Gasteiger partial charge in [-0.1, -0.05) is 18.2 Å². The van der Waals surface area contributed by atoms with E-state index in [1.807, 2.05) is 41.8 Å². The van der Waals surface area contributed by atoms with Crippen LogP contribution in [0.3, 0.4) is 0 Å². The number of rotatable bonds is 6. The van der Waals surface area contributed by atoms with Gasteiger partial charge < -0.3 is 15.4 Å². The van der Waals surface area contributed by atoms with Gasteiger partial charge in [-0.2, -0.15) is 0 Å². The highest BCUT2D eigenvalue weighted by Crippen LogP contribution is 2.08. The average Bonchev–Trinajstić information content (AvgIpc) is 2.94. The standard InChI is InChI=1S/C14H19N5O2/c1-11(9-21-2)17-14(20)15-8-13-18-16-10-19(13)12-6-4-3-5-7-12/h3-7,10-11H,8-9H2,1-2H3,(H2,15,17,20)/t11-/m0/s1. The fraction of sp³-hybridized carbons (Fsp3) is 0.357. The molecule has 1 atom stereocenters. The van der Waals surface area contributed by atoms with Gasteiger partial charge in [0.15, 0.2) is 5.82 Å². The summed E-state index contributed by atoms with van der Waals surface area (Å²) in [6, 6.07) is 9.40. The van der Waals surface area contributed by atoms with Crippen LogP contribution < -0.4 is 10.6 Å². The molecule has 7 heteroatoms. The smallest absolute Gasteiger partial charge is 0.315 e. The van der Waals surface area contributed by atoms with E-state index >= 15 is 0 Å². The second-order valence-corrected chi connectivity index (χ2v) is 4.64. The first-order valence-corrected chi connectivity index (χ1v) is 6.68. The molecule has 2 aromatic rings. The van der Waals surface area contributed by atoms with E-state index in [-0.39, 0.29) is 12.1 Å². The minimum absolute atomic E-state index is 0.0537. The van der Waals surface area contributed by atoms with Gasteiger partial charge in [-0.15, -0.1) is 10.2 Å². The van der Waals surface area contributed by atoms with Crippen molar-refractivity contribution in [1.82, 2.24) is 25.4 Å². The molecule has 112 valence electrons. The molecule has 0 aliphatic carbocycles. The molecule has 2 N–H and O–H groups in total.